The van der Waals surface area contributed by atoms with Crippen molar-refractivity contribution in [1.29, 1.82) is 0 Å². The van der Waals surface area contributed by atoms with Crippen LogP contribution < -0.4 is 0 Å². The molecule has 5 unspecified atom stereocenters. The molecule has 1 rings (SSSR count). The average Bonchev–Trinajstić information content (AvgIpc) is 2.53. The third kappa shape index (κ3) is 6.32. The summed E-state index contributed by atoms with van der Waals surface area (Å²) in [5, 5.41) is 38.2. The van der Waals surface area contributed by atoms with Gasteiger partial charge in [-0.25, -0.2) is 0 Å². The van der Waals surface area contributed by atoms with Gasteiger partial charge in [-0.05, 0) is 19.3 Å². The lowest BCUT2D eigenvalue weighted by Crippen LogP contribution is -2.59. The molecule has 6 heteroatoms. The quantitative estimate of drug-likeness (QED) is 0.331. The molecule has 0 radical (unpaired) electrons. The molecule has 1 fully saturated rings. The molecule has 0 aromatic heterocycles. The highest BCUT2D eigenvalue weighted by Gasteiger charge is 2.43. The maximum absolute atomic E-state index is 9.79. The van der Waals surface area contributed by atoms with Gasteiger partial charge in [0.05, 0.1) is 6.61 Å². The van der Waals surface area contributed by atoms with Gasteiger partial charge in [-0.2, -0.15) is 0 Å². The standard InChI is InChI=1S/C16H30O6/c1-2-3-4-5-6-7-8-9-10-21-16-15(20)14(19)13(18)12(11-17)22-16/h2,12-20H,1,3-11H2. The van der Waals surface area contributed by atoms with E-state index < -0.39 is 37.3 Å². The molecular formula is C16H30O6. The fourth-order valence-corrected chi connectivity index (χ4v) is 2.50. The van der Waals surface area contributed by atoms with Crippen LogP contribution in [0, 0.1) is 0 Å². The second kappa shape index (κ2) is 11.1. The van der Waals surface area contributed by atoms with E-state index in [9.17, 15) is 15.3 Å². The van der Waals surface area contributed by atoms with Gasteiger partial charge >= 0.3 is 0 Å². The molecule has 22 heavy (non-hydrogen) atoms. The molecule has 1 aliphatic rings. The van der Waals surface area contributed by atoms with E-state index >= 15 is 0 Å². The van der Waals surface area contributed by atoms with Crippen LogP contribution in [0.4, 0.5) is 0 Å². The Balaban J connectivity index is 2.12. The van der Waals surface area contributed by atoms with Crippen molar-refractivity contribution in [3.63, 3.8) is 0 Å². The van der Waals surface area contributed by atoms with E-state index in [4.69, 9.17) is 14.6 Å². The third-order valence-corrected chi connectivity index (χ3v) is 3.93. The smallest absolute Gasteiger partial charge is 0.186 e. The lowest BCUT2D eigenvalue weighted by Gasteiger charge is -2.39. The molecule has 0 aromatic rings. The molecule has 130 valence electrons. The van der Waals surface area contributed by atoms with Crippen molar-refractivity contribution in [3.8, 4) is 0 Å². The predicted molar refractivity (Wildman–Crippen MR) is 82.2 cm³/mol. The van der Waals surface area contributed by atoms with Gasteiger partial charge in [-0.3, -0.25) is 0 Å². The van der Waals surface area contributed by atoms with Gasteiger partial charge in [-0.1, -0.05) is 31.8 Å². The van der Waals surface area contributed by atoms with Crippen LogP contribution in [0.15, 0.2) is 12.7 Å². The van der Waals surface area contributed by atoms with Crippen LogP contribution in [0.25, 0.3) is 0 Å². The van der Waals surface area contributed by atoms with Crippen LogP contribution in [-0.4, -0.2) is 64.3 Å². The first kappa shape index (κ1) is 19.5. The Kier molecular flexibility index (Phi) is 9.86. The molecule has 1 saturated heterocycles. The molecule has 1 heterocycles. The van der Waals surface area contributed by atoms with Crippen molar-refractivity contribution in [2.45, 2.75) is 75.7 Å². The van der Waals surface area contributed by atoms with E-state index in [1.807, 2.05) is 6.08 Å². The van der Waals surface area contributed by atoms with Crippen LogP contribution in [0.1, 0.15) is 44.9 Å². The Labute approximate surface area is 132 Å². The first-order chi connectivity index (χ1) is 10.6. The lowest BCUT2D eigenvalue weighted by molar-refractivity contribution is -0.301. The highest BCUT2D eigenvalue weighted by Crippen LogP contribution is 2.22. The highest BCUT2D eigenvalue weighted by molar-refractivity contribution is 4.88. The Morgan fingerprint density at radius 1 is 0.909 bits per heavy atom. The molecule has 0 aliphatic carbocycles. The summed E-state index contributed by atoms with van der Waals surface area (Å²) in [6, 6.07) is 0. The summed E-state index contributed by atoms with van der Waals surface area (Å²) in [5.41, 5.74) is 0. The number of aliphatic hydroxyl groups excluding tert-OH is 4. The first-order valence-electron chi connectivity index (χ1n) is 8.14. The Morgan fingerprint density at radius 3 is 2.18 bits per heavy atom. The molecule has 6 nitrogen and oxygen atoms in total. The number of allylic oxidation sites excluding steroid dienone is 1. The number of unbranched alkanes of at least 4 members (excludes halogenated alkanes) is 6. The van der Waals surface area contributed by atoms with Crippen LogP contribution in [0.5, 0.6) is 0 Å². The normalized spacial score (nSPS) is 32.1. The Hall–Kier alpha value is -0.500. The van der Waals surface area contributed by atoms with Gasteiger partial charge < -0.3 is 29.9 Å². The maximum atomic E-state index is 9.79. The van der Waals surface area contributed by atoms with Gasteiger partial charge in [0.25, 0.3) is 0 Å². The first-order valence-corrected chi connectivity index (χ1v) is 8.14. The molecule has 1 aliphatic heterocycles. The predicted octanol–water partition coefficient (Wildman–Crippen LogP) is 0.720. The topological polar surface area (TPSA) is 99.4 Å². The molecule has 0 bridgehead atoms. The number of rotatable bonds is 11. The molecule has 0 spiro atoms. The van der Waals surface area contributed by atoms with Crippen molar-refractivity contribution in [3.05, 3.63) is 12.7 Å². The van der Waals surface area contributed by atoms with Crippen molar-refractivity contribution in [2.24, 2.45) is 0 Å². The van der Waals surface area contributed by atoms with E-state index in [0.29, 0.717) is 6.61 Å². The Morgan fingerprint density at radius 2 is 1.55 bits per heavy atom. The van der Waals surface area contributed by atoms with E-state index in [2.05, 4.69) is 6.58 Å². The van der Waals surface area contributed by atoms with Crippen molar-refractivity contribution in [2.75, 3.05) is 13.2 Å². The van der Waals surface area contributed by atoms with E-state index in [-0.39, 0.29) is 0 Å². The number of hydrogen-bond acceptors (Lipinski definition) is 6. The van der Waals surface area contributed by atoms with Gasteiger partial charge in [0.1, 0.15) is 24.4 Å². The summed E-state index contributed by atoms with van der Waals surface area (Å²) in [5.74, 6) is 0. The van der Waals surface area contributed by atoms with Crippen molar-refractivity contribution >= 4 is 0 Å². The van der Waals surface area contributed by atoms with Crippen molar-refractivity contribution < 1.29 is 29.9 Å². The maximum Gasteiger partial charge on any atom is 0.186 e. The fourth-order valence-electron chi connectivity index (χ4n) is 2.50. The minimum atomic E-state index is -1.37. The Bertz CT molecular complexity index is 296. The van der Waals surface area contributed by atoms with Crippen LogP contribution in [0.3, 0.4) is 0 Å². The summed E-state index contributed by atoms with van der Waals surface area (Å²) >= 11 is 0. The zero-order valence-electron chi connectivity index (χ0n) is 13.1. The molecule has 4 N–H and O–H groups in total. The van der Waals surface area contributed by atoms with Crippen LogP contribution >= 0.6 is 0 Å². The van der Waals surface area contributed by atoms with Gasteiger partial charge in [0, 0.05) is 6.61 Å². The molecule has 0 aromatic carbocycles. The van der Waals surface area contributed by atoms with E-state index in [1.54, 1.807) is 0 Å². The molecule has 0 saturated carbocycles. The minimum Gasteiger partial charge on any atom is -0.394 e. The number of aliphatic hydroxyl groups is 4. The second-order valence-electron chi connectivity index (χ2n) is 5.77. The minimum absolute atomic E-state index is 0.412. The zero-order chi connectivity index (χ0) is 16.4. The molecular weight excluding hydrogens is 288 g/mol. The van der Waals surface area contributed by atoms with Crippen molar-refractivity contribution in [1.82, 2.24) is 0 Å². The molecule has 5 atom stereocenters. The highest BCUT2D eigenvalue weighted by atomic mass is 16.7. The lowest BCUT2D eigenvalue weighted by atomic mass is 9.99. The van der Waals surface area contributed by atoms with Gasteiger partial charge in [0.15, 0.2) is 6.29 Å². The third-order valence-electron chi connectivity index (χ3n) is 3.93. The fraction of sp³-hybridized carbons (Fsp3) is 0.875. The average molecular weight is 318 g/mol. The van der Waals surface area contributed by atoms with Crippen LogP contribution in [-0.2, 0) is 9.47 Å². The zero-order valence-corrected chi connectivity index (χ0v) is 13.1. The van der Waals surface area contributed by atoms with Gasteiger partial charge in [0.2, 0.25) is 0 Å². The SMILES string of the molecule is C=CCCCCCCCCOC1OC(CO)C(O)C(O)C1O. The summed E-state index contributed by atoms with van der Waals surface area (Å²) in [4.78, 5) is 0. The number of hydrogen-bond donors (Lipinski definition) is 4. The summed E-state index contributed by atoms with van der Waals surface area (Å²) in [6.07, 6.45) is 3.66. The summed E-state index contributed by atoms with van der Waals surface area (Å²) in [7, 11) is 0. The van der Waals surface area contributed by atoms with Gasteiger partial charge in [-0.15, -0.1) is 6.58 Å². The number of ether oxygens (including phenoxy) is 2. The van der Waals surface area contributed by atoms with Crippen LogP contribution in [0.2, 0.25) is 0 Å². The second-order valence-corrected chi connectivity index (χ2v) is 5.77. The largest absolute Gasteiger partial charge is 0.394 e. The van der Waals surface area contributed by atoms with E-state index in [1.165, 1.54) is 19.3 Å². The summed E-state index contributed by atoms with van der Waals surface area (Å²) < 4.78 is 10.7. The monoisotopic (exact) mass is 318 g/mol. The van der Waals surface area contributed by atoms with E-state index in [0.717, 1.165) is 25.7 Å². The summed E-state index contributed by atoms with van der Waals surface area (Å²) in [6.45, 7) is 3.67. The molecule has 0 amide bonds.